The van der Waals surface area contributed by atoms with Crippen molar-refractivity contribution < 1.29 is 32.6 Å². The quantitative estimate of drug-likeness (QED) is 0.708. The fourth-order valence-corrected chi connectivity index (χ4v) is 3.59. The Labute approximate surface area is 148 Å². The fourth-order valence-electron chi connectivity index (χ4n) is 2.51. The minimum absolute atomic E-state index is 0.102. The van der Waals surface area contributed by atoms with E-state index in [0.717, 1.165) is 35.6 Å². The van der Waals surface area contributed by atoms with Gasteiger partial charge in [-0.15, -0.1) is 11.3 Å². The summed E-state index contributed by atoms with van der Waals surface area (Å²) in [5, 5.41) is 9.06. The Bertz CT molecular complexity index is 1060. The Morgan fingerprint density at radius 3 is 2.31 bits per heavy atom. The summed E-state index contributed by atoms with van der Waals surface area (Å²) in [6, 6.07) is 4.03. The number of fused-ring (bicyclic) bond motifs is 1. The predicted octanol–water partition coefficient (Wildman–Crippen LogP) is 4.22. The van der Waals surface area contributed by atoms with Crippen molar-refractivity contribution in [1.82, 2.24) is 0 Å². The van der Waals surface area contributed by atoms with E-state index < -0.39 is 46.4 Å². The van der Waals surface area contributed by atoms with Crippen LogP contribution in [0.25, 0.3) is 10.1 Å². The Kier molecular flexibility index (Phi) is 4.33. The van der Waals surface area contributed by atoms with Crippen LogP contribution >= 0.6 is 11.3 Å². The molecule has 1 aromatic heterocycles. The predicted molar refractivity (Wildman–Crippen MR) is 88.4 cm³/mol. The number of thiophene rings is 1. The number of aryl methyl sites for hydroxylation is 1. The van der Waals surface area contributed by atoms with E-state index in [9.17, 15) is 23.5 Å². The third-order valence-electron chi connectivity index (χ3n) is 3.70. The first kappa shape index (κ1) is 17.7. The summed E-state index contributed by atoms with van der Waals surface area (Å²) >= 11 is 0.748. The van der Waals surface area contributed by atoms with Gasteiger partial charge in [0, 0.05) is 10.1 Å². The number of amides is 1. The molecule has 3 N–H and O–H groups in total. The van der Waals surface area contributed by atoms with Gasteiger partial charge in [0.15, 0.2) is 29.0 Å². The molecule has 0 bridgehead atoms. The first-order valence-corrected chi connectivity index (χ1v) is 7.94. The van der Waals surface area contributed by atoms with Crippen LogP contribution in [-0.2, 0) is 0 Å². The first-order chi connectivity index (χ1) is 12.2. The zero-order valence-corrected chi connectivity index (χ0v) is 13.9. The van der Waals surface area contributed by atoms with Crippen molar-refractivity contribution in [3.63, 3.8) is 0 Å². The first-order valence-electron chi connectivity index (χ1n) is 7.13. The molecule has 134 valence electrons. The summed E-state index contributed by atoms with van der Waals surface area (Å²) < 4.78 is 47.8. The second-order valence-electron chi connectivity index (χ2n) is 5.32. The molecule has 0 atom stereocenters. The zero-order valence-electron chi connectivity index (χ0n) is 13.1. The Morgan fingerprint density at radius 1 is 1.15 bits per heavy atom. The number of halogens is 3. The summed E-state index contributed by atoms with van der Waals surface area (Å²) in [5.74, 6) is -7.38. The van der Waals surface area contributed by atoms with Crippen LogP contribution in [-0.4, -0.2) is 17.0 Å². The monoisotopic (exact) mass is 381 g/mol. The average molecular weight is 381 g/mol. The van der Waals surface area contributed by atoms with Crippen LogP contribution in [0, 0.1) is 24.4 Å². The molecular formula is C17H10F3NO4S. The number of aromatic carboxylic acids is 1. The summed E-state index contributed by atoms with van der Waals surface area (Å²) in [6.07, 6.45) is 0. The minimum Gasteiger partial charge on any atom is -0.477 e. The second-order valence-corrected chi connectivity index (χ2v) is 6.37. The Hall–Kier alpha value is -3.07. The van der Waals surface area contributed by atoms with Gasteiger partial charge in [0.2, 0.25) is 0 Å². The molecule has 9 heteroatoms. The summed E-state index contributed by atoms with van der Waals surface area (Å²) in [6.45, 7) is 1.38. The van der Waals surface area contributed by atoms with Gasteiger partial charge >= 0.3 is 5.97 Å². The number of carboxylic acids is 1. The van der Waals surface area contributed by atoms with Crippen LogP contribution < -0.4 is 10.5 Å². The lowest BCUT2D eigenvalue weighted by Crippen LogP contribution is -2.13. The molecule has 1 amide bonds. The number of carbonyl (C=O) groups is 2. The minimum atomic E-state index is -1.27. The van der Waals surface area contributed by atoms with Gasteiger partial charge in [-0.05, 0) is 30.7 Å². The van der Waals surface area contributed by atoms with Crippen LogP contribution in [0.5, 0.6) is 11.5 Å². The van der Waals surface area contributed by atoms with E-state index in [1.165, 1.54) is 6.92 Å². The number of hydrogen-bond acceptors (Lipinski definition) is 4. The molecule has 0 saturated carbocycles. The van der Waals surface area contributed by atoms with E-state index in [-0.39, 0.29) is 20.5 Å². The number of nitrogens with two attached hydrogens (primary N) is 1. The molecule has 0 aliphatic rings. The fraction of sp³-hybridized carbons (Fsp3) is 0.0588. The van der Waals surface area contributed by atoms with Gasteiger partial charge in [0.1, 0.15) is 4.88 Å². The third-order valence-corrected chi connectivity index (χ3v) is 4.92. The molecule has 3 aromatic rings. The summed E-state index contributed by atoms with van der Waals surface area (Å²) in [5.41, 5.74) is 4.86. The molecule has 2 aromatic carbocycles. The molecule has 0 spiro atoms. The van der Waals surface area contributed by atoms with E-state index in [1.54, 1.807) is 0 Å². The highest BCUT2D eigenvalue weighted by atomic mass is 32.1. The molecule has 3 rings (SSSR count). The van der Waals surface area contributed by atoms with Crippen molar-refractivity contribution in [3.05, 3.63) is 57.7 Å². The highest BCUT2D eigenvalue weighted by molar-refractivity contribution is 7.21. The van der Waals surface area contributed by atoms with Gasteiger partial charge in [-0.1, -0.05) is 6.07 Å². The average Bonchev–Trinajstić information content (AvgIpc) is 2.89. The largest absolute Gasteiger partial charge is 0.477 e. The maximum absolute atomic E-state index is 15.0. The van der Waals surface area contributed by atoms with E-state index in [4.69, 9.17) is 10.5 Å². The summed E-state index contributed by atoms with van der Waals surface area (Å²) in [7, 11) is 0. The smallest absolute Gasteiger partial charge is 0.346 e. The number of rotatable bonds is 4. The van der Waals surface area contributed by atoms with Crippen molar-refractivity contribution in [2.45, 2.75) is 6.92 Å². The normalized spacial score (nSPS) is 10.9. The lowest BCUT2D eigenvalue weighted by atomic mass is 10.1. The molecule has 1 heterocycles. The number of hydrogen-bond donors (Lipinski definition) is 2. The van der Waals surface area contributed by atoms with Gasteiger partial charge in [0.05, 0.1) is 5.56 Å². The number of para-hydroxylation sites is 1. The Balaban J connectivity index is 2.31. The lowest BCUT2D eigenvalue weighted by molar-refractivity contribution is 0.0701. The van der Waals surface area contributed by atoms with Gasteiger partial charge in [-0.2, -0.15) is 0 Å². The van der Waals surface area contributed by atoms with Gasteiger partial charge < -0.3 is 15.6 Å². The van der Waals surface area contributed by atoms with Crippen LogP contribution in [0.4, 0.5) is 13.2 Å². The molecule has 0 radical (unpaired) electrons. The SMILES string of the molecule is Cc1c(C(=O)O)sc2cc(C(N)=O)c(Oc3c(F)cccc3F)c(F)c12. The highest BCUT2D eigenvalue weighted by Crippen LogP contribution is 2.41. The molecule has 0 aliphatic heterocycles. The van der Waals surface area contributed by atoms with Crippen LogP contribution in [0.3, 0.4) is 0 Å². The van der Waals surface area contributed by atoms with E-state index in [2.05, 4.69) is 0 Å². The number of carboxylic acid groups (broad SMARTS) is 1. The molecule has 5 nitrogen and oxygen atoms in total. The van der Waals surface area contributed by atoms with Crippen molar-refractivity contribution in [1.29, 1.82) is 0 Å². The van der Waals surface area contributed by atoms with E-state index in [0.29, 0.717) is 0 Å². The van der Waals surface area contributed by atoms with Crippen LogP contribution in [0.2, 0.25) is 0 Å². The van der Waals surface area contributed by atoms with E-state index >= 15 is 4.39 Å². The number of ether oxygens (including phenoxy) is 1. The molecular weight excluding hydrogens is 371 g/mol. The number of primary amides is 1. The molecule has 0 fully saturated rings. The maximum atomic E-state index is 15.0. The maximum Gasteiger partial charge on any atom is 0.346 e. The lowest BCUT2D eigenvalue weighted by Gasteiger charge is -2.12. The topological polar surface area (TPSA) is 89.6 Å². The molecule has 0 aliphatic carbocycles. The number of benzene rings is 2. The van der Waals surface area contributed by atoms with Crippen molar-refractivity contribution in [2.24, 2.45) is 5.73 Å². The standard InChI is InChI=1S/C17H10F3NO4S/c1-6-11-10(26-15(6)17(23)24)5-7(16(21)22)13(12(11)20)25-14-8(18)3-2-4-9(14)19/h2-5H,1H3,(H2,21,22)(H,23,24). The highest BCUT2D eigenvalue weighted by Gasteiger charge is 2.26. The summed E-state index contributed by atoms with van der Waals surface area (Å²) in [4.78, 5) is 22.8. The zero-order chi connectivity index (χ0) is 19.2. The van der Waals surface area contributed by atoms with Gasteiger partial charge in [0.25, 0.3) is 5.91 Å². The van der Waals surface area contributed by atoms with Gasteiger partial charge in [-0.25, -0.2) is 18.0 Å². The second kappa shape index (κ2) is 6.34. The Morgan fingerprint density at radius 2 is 1.77 bits per heavy atom. The molecule has 0 saturated heterocycles. The third kappa shape index (κ3) is 2.76. The van der Waals surface area contributed by atoms with Crippen molar-refractivity contribution >= 4 is 33.3 Å². The number of carbonyl (C=O) groups excluding carboxylic acids is 1. The van der Waals surface area contributed by atoms with E-state index in [1.807, 2.05) is 0 Å². The van der Waals surface area contributed by atoms with Crippen molar-refractivity contribution in [2.75, 3.05) is 0 Å². The van der Waals surface area contributed by atoms with Gasteiger partial charge in [-0.3, -0.25) is 4.79 Å². The van der Waals surface area contributed by atoms with Crippen molar-refractivity contribution in [3.8, 4) is 11.5 Å². The van der Waals surface area contributed by atoms with Crippen LogP contribution in [0.1, 0.15) is 25.6 Å². The van der Waals surface area contributed by atoms with Crippen LogP contribution in [0.15, 0.2) is 24.3 Å². The molecule has 26 heavy (non-hydrogen) atoms. The molecule has 0 unspecified atom stereocenters.